The first-order valence-electron chi connectivity index (χ1n) is 14.5. The molecule has 236 valence electrons. The summed E-state index contributed by atoms with van der Waals surface area (Å²) < 4.78 is 5.74. The van der Waals surface area contributed by atoms with Gasteiger partial charge in [0.05, 0.1) is 36.3 Å². The zero-order chi connectivity index (χ0) is 32.1. The van der Waals surface area contributed by atoms with Crippen molar-refractivity contribution >= 4 is 35.3 Å². The van der Waals surface area contributed by atoms with Crippen LogP contribution in [0.3, 0.4) is 0 Å². The number of hydrazone groups is 1. The number of nitrogens with zero attached hydrogens (tertiary/aromatic N) is 3. The Morgan fingerprint density at radius 3 is 2.34 bits per heavy atom. The van der Waals surface area contributed by atoms with Gasteiger partial charge < -0.3 is 25.2 Å². The number of carbonyl (C=O) groups excluding carboxylic acids is 2. The van der Waals surface area contributed by atoms with Crippen molar-refractivity contribution < 1.29 is 24.5 Å². The maximum atomic E-state index is 13.2. The molecule has 0 radical (unpaired) electrons. The summed E-state index contributed by atoms with van der Waals surface area (Å²) in [5.41, 5.74) is 4.92. The molecule has 10 nitrogen and oxygen atoms in total. The van der Waals surface area contributed by atoms with Gasteiger partial charge in [0.2, 0.25) is 0 Å². The van der Waals surface area contributed by atoms with Crippen LogP contribution in [0.1, 0.15) is 52.1 Å². The molecule has 0 aromatic heterocycles. The standard InChI is InChI=1S/C33H42ClN5O5/c1-23(40)20-39(21-24(2)41)22-26-7-5-8-27(17-26)32(42)36-31-14-11-28(34)18-30(31)33(43)37-35-19-25-9-12-29(13-10-25)44-16-6-15-38(3)4/h5,7-14,17-19,23-24,40-41H,6,15-16,20-22H2,1-4H3,(H,36,42)(H,37,43). The Balaban J connectivity index is 1.63. The van der Waals surface area contributed by atoms with E-state index in [1.165, 1.54) is 12.3 Å². The molecular weight excluding hydrogens is 582 g/mol. The molecule has 0 aliphatic carbocycles. The van der Waals surface area contributed by atoms with Crippen LogP contribution in [0.4, 0.5) is 5.69 Å². The van der Waals surface area contributed by atoms with E-state index in [0.717, 1.165) is 29.8 Å². The summed E-state index contributed by atoms with van der Waals surface area (Å²) in [4.78, 5) is 30.2. The zero-order valence-electron chi connectivity index (χ0n) is 25.7. The molecule has 0 heterocycles. The molecule has 0 aliphatic rings. The number of amides is 2. The van der Waals surface area contributed by atoms with Crippen molar-refractivity contribution in [2.24, 2.45) is 5.10 Å². The fraction of sp³-hybridized carbons (Fsp3) is 0.364. The Hall–Kier alpha value is -3.80. The van der Waals surface area contributed by atoms with Gasteiger partial charge in [-0.2, -0.15) is 5.10 Å². The minimum absolute atomic E-state index is 0.153. The molecule has 0 saturated carbocycles. The molecule has 0 spiro atoms. The molecule has 0 saturated heterocycles. The normalized spacial score (nSPS) is 12.8. The van der Waals surface area contributed by atoms with E-state index in [9.17, 15) is 19.8 Å². The molecule has 2 atom stereocenters. The lowest BCUT2D eigenvalue weighted by molar-refractivity contribution is 0.0793. The molecule has 2 amide bonds. The third-order valence-electron chi connectivity index (χ3n) is 6.39. The number of aliphatic hydroxyl groups excluding tert-OH is 2. The largest absolute Gasteiger partial charge is 0.494 e. The molecule has 11 heteroatoms. The Labute approximate surface area is 264 Å². The van der Waals surface area contributed by atoms with Crippen LogP contribution in [0.2, 0.25) is 5.02 Å². The Bertz CT molecular complexity index is 1390. The molecule has 3 rings (SSSR count). The van der Waals surface area contributed by atoms with Crippen LogP contribution in [-0.2, 0) is 6.54 Å². The predicted molar refractivity (Wildman–Crippen MR) is 175 cm³/mol. The number of hydrogen-bond donors (Lipinski definition) is 4. The van der Waals surface area contributed by atoms with Gasteiger partial charge in [-0.25, -0.2) is 5.43 Å². The van der Waals surface area contributed by atoms with Crippen molar-refractivity contribution in [1.29, 1.82) is 0 Å². The number of benzene rings is 3. The maximum Gasteiger partial charge on any atom is 0.273 e. The Morgan fingerprint density at radius 1 is 0.977 bits per heavy atom. The summed E-state index contributed by atoms with van der Waals surface area (Å²) in [6, 6.07) is 19.0. The van der Waals surface area contributed by atoms with E-state index < -0.39 is 24.0 Å². The highest BCUT2D eigenvalue weighted by Crippen LogP contribution is 2.22. The first-order valence-corrected chi connectivity index (χ1v) is 14.9. The summed E-state index contributed by atoms with van der Waals surface area (Å²) >= 11 is 6.18. The summed E-state index contributed by atoms with van der Waals surface area (Å²) in [6.07, 6.45) is 1.31. The molecule has 44 heavy (non-hydrogen) atoms. The van der Waals surface area contributed by atoms with E-state index in [-0.39, 0.29) is 11.3 Å². The number of ether oxygens (including phenoxy) is 1. The topological polar surface area (TPSA) is 127 Å². The van der Waals surface area contributed by atoms with Crippen molar-refractivity contribution in [2.75, 3.05) is 45.7 Å². The molecule has 2 unspecified atom stereocenters. The van der Waals surface area contributed by atoms with Gasteiger partial charge in [0.1, 0.15) is 5.75 Å². The van der Waals surface area contributed by atoms with E-state index in [1.807, 2.05) is 49.3 Å². The highest BCUT2D eigenvalue weighted by atomic mass is 35.5. The number of carbonyl (C=O) groups is 2. The van der Waals surface area contributed by atoms with Crippen molar-refractivity contribution in [3.8, 4) is 5.75 Å². The second kappa shape index (κ2) is 17.5. The van der Waals surface area contributed by atoms with Crippen LogP contribution in [0.25, 0.3) is 0 Å². The third-order valence-corrected chi connectivity index (χ3v) is 6.63. The number of rotatable bonds is 16. The van der Waals surface area contributed by atoms with Gasteiger partial charge in [-0.1, -0.05) is 23.7 Å². The minimum atomic E-state index is -0.567. The molecular formula is C33H42ClN5O5. The van der Waals surface area contributed by atoms with Gasteiger partial charge in [0, 0.05) is 36.8 Å². The lowest BCUT2D eigenvalue weighted by Gasteiger charge is -2.25. The SMILES string of the molecule is CC(O)CN(Cc1cccc(C(=O)Nc2ccc(Cl)cc2C(=O)NN=Cc2ccc(OCCCN(C)C)cc2)c1)CC(C)O. The van der Waals surface area contributed by atoms with Crippen LogP contribution >= 0.6 is 11.6 Å². The summed E-state index contributed by atoms with van der Waals surface area (Å²) in [6.45, 7) is 6.14. The van der Waals surface area contributed by atoms with Gasteiger partial charge >= 0.3 is 0 Å². The first kappa shape index (κ1) is 34.7. The number of aliphatic hydroxyl groups is 2. The highest BCUT2D eigenvalue weighted by Gasteiger charge is 2.17. The van der Waals surface area contributed by atoms with E-state index >= 15 is 0 Å². The van der Waals surface area contributed by atoms with E-state index in [2.05, 4.69) is 20.7 Å². The van der Waals surface area contributed by atoms with Gasteiger partial charge in [-0.15, -0.1) is 0 Å². The lowest BCUT2D eigenvalue weighted by Crippen LogP contribution is -2.35. The van der Waals surface area contributed by atoms with Crippen LogP contribution in [-0.4, -0.2) is 90.6 Å². The monoisotopic (exact) mass is 623 g/mol. The summed E-state index contributed by atoms with van der Waals surface area (Å²) in [5.74, 6) is -0.194. The van der Waals surface area contributed by atoms with E-state index in [1.54, 1.807) is 44.2 Å². The fourth-order valence-corrected chi connectivity index (χ4v) is 4.65. The molecule has 0 bridgehead atoms. The molecule has 3 aromatic carbocycles. The second-order valence-corrected chi connectivity index (χ2v) is 11.4. The number of halogens is 1. The number of hydrogen-bond acceptors (Lipinski definition) is 8. The summed E-state index contributed by atoms with van der Waals surface area (Å²) in [5, 5.41) is 26.9. The van der Waals surface area contributed by atoms with Crippen molar-refractivity contribution in [3.63, 3.8) is 0 Å². The molecule has 4 N–H and O–H groups in total. The van der Waals surface area contributed by atoms with Crippen LogP contribution in [0.15, 0.2) is 71.8 Å². The van der Waals surface area contributed by atoms with Gasteiger partial charge in [-0.3, -0.25) is 14.5 Å². The fourth-order valence-electron chi connectivity index (χ4n) is 4.47. The van der Waals surface area contributed by atoms with Crippen LogP contribution in [0, 0.1) is 0 Å². The lowest BCUT2D eigenvalue weighted by atomic mass is 10.1. The third kappa shape index (κ3) is 12.1. The van der Waals surface area contributed by atoms with Crippen LogP contribution < -0.4 is 15.5 Å². The smallest absolute Gasteiger partial charge is 0.273 e. The van der Waals surface area contributed by atoms with Gasteiger partial charge in [0.25, 0.3) is 11.8 Å². The van der Waals surface area contributed by atoms with Crippen molar-refractivity contribution in [1.82, 2.24) is 15.2 Å². The van der Waals surface area contributed by atoms with Crippen molar-refractivity contribution in [3.05, 3.63) is 94.0 Å². The Kier molecular flexibility index (Phi) is 13.8. The molecule has 0 aliphatic heterocycles. The zero-order valence-corrected chi connectivity index (χ0v) is 26.4. The predicted octanol–water partition coefficient (Wildman–Crippen LogP) is 4.25. The first-order chi connectivity index (χ1) is 21.0. The molecule has 3 aromatic rings. The minimum Gasteiger partial charge on any atom is -0.494 e. The van der Waals surface area contributed by atoms with Gasteiger partial charge in [0.15, 0.2) is 0 Å². The number of anilines is 1. The van der Waals surface area contributed by atoms with Crippen molar-refractivity contribution in [2.45, 2.75) is 39.0 Å². The molecule has 0 fully saturated rings. The average Bonchev–Trinajstić information content (AvgIpc) is 2.96. The summed E-state index contributed by atoms with van der Waals surface area (Å²) in [7, 11) is 4.04. The maximum absolute atomic E-state index is 13.2. The van der Waals surface area contributed by atoms with E-state index in [4.69, 9.17) is 16.3 Å². The quantitative estimate of drug-likeness (QED) is 0.107. The Morgan fingerprint density at radius 2 is 1.68 bits per heavy atom. The van der Waals surface area contributed by atoms with Crippen LogP contribution in [0.5, 0.6) is 5.75 Å². The van der Waals surface area contributed by atoms with Gasteiger partial charge in [-0.05, 0) is 100 Å². The second-order valence-electron chi connectivity index (χ2n) is 11.0. The number of nitrogens with one attached hydrogen (secondary N) is 2. The highest BCUT2D eigenvalue weighted by molar-refractivity contribution is 6.31. The average molecular weight is 624 g/mol. The van der Waals surface area contributed by atoms with E-state index in [0.29, 0.717) is 36.8 Å².